The molecule has 0 fully saturated rings. The zero-order valence-corrected chi connectivity index (χ0v) is 14.2. The fourth-order valence-corrected chi connectivity index (χ4v) is 1.79. The summed E-state index contributed by atoms with van der Waals surface area (Å²) in [6, 6.07) is 1.06. The lowest BCUT2D eigenvalue weighted by Crippen LogP contribution is -2.20. The fraction of sp³-hybridized carbons (Fsp3) is 0.214. The van der Waals surface area contributed by atoms with E-state index in [0.717, 1.165) is 13.0 Å². The van der Waals surface area contributed by atoms with Crippen molar-refractivity contribution in [1.82, 2.24) is 0 Å². The molecule has 0 aliphatic rings. The van der Waals surface area contributed by atoms with Crippen LogP contribution >= 0.6 is 23.2 Å². The van der Waals surface area contributed by atoms with Gasteiger partial charge in [-0.05, 0) is 13.0 Å². The number of benzene rings is 1. The molecule has 1 rings (SSSR count). The molecule has 0 aliphatic carbocycles. The number of hydrogen-bond donors (Lipinski definition) is 2. The van der Waals surface area contributed by atoms with Gasteiger partial charge in [-0.15, -0.1) is 0 Å². The molecule has 3 N–H and O–H groups in total. The van der Waals surface area contributed by atoms with Crippen molar-refractivity contribution in [3.8, 4) is 0 Å². The third-order valence-corrected chi connectivity index (χ3v) is 3.40. The van der Waals surface area contributed by atoms with Gasteiger partial charge >= 0.3 is 6.18 Å². The average molecular weight is 399 g/mol. The number of nitrogens with one attached hydrogen (secondary N) is 1. The topological polar surface area (TPSA) is 79.8 Å². The first-order chi connectivity index (χ1) is 11.4. The van der Waals surface area contributed by atoms with Crippen molar-refractivity contribution < 1.29 is 22.4 Å². The van der Waals surface area contributed by atoms with E-state index < -0.39 is 35.2 Å². The number of anilines is 2. The summed E-state index contributed by atoms with van der Waals surface area (Å²) in [5.74, 6) is -3.77. The predicted molar refractivity (Wildman–Crippen MR) is 90.8 cm³/mol. The lowest BCUT2D eigenvalue weighted by Gasteiger charge is -2.11. The first-order valence-corrected chi connectivity index (χ1v) is 7.26. The average Bonchev–Trinajstić information content (AvgIpc) is 2.52. The molecular weight excluding hydrogens is 387 g/mol. The number of hydrogen-bond acceptors (Lipinski definition) is 3. The third kappa shape index (κ3) is 5.71. The predicted octanol–water partition coefficient (Wildman–Crippen LogP) is 4.46. The van der Waals surface area contributed by atoms with Crippen LogP contribution in [0.5, 0.6) is 0 Å². The molecule has 1 aromatic carbocycles. The van der Waals surface area contributed by atoms with Crippen LogP contribution in [-0.4, -0.2) is 24.6 Å². The van der Waals surface area contributed by atoms with Crippen molar-refractivity contribution in [2.24, 2.45) is 15.9 Å². The zero-order valence-electron chi connectivity index (χ0n) is 12.7. The summed E-state index contributed by atoms with van der Waals surface area (Å²) >= 11 is 11.3. The lowest BCUT2D eigenvalue weighted by molar-refractivity contribution is -0.149. The molecule has 0 bridgehead atoms. The van der Waals surface area contributed by atoms with Crippen LogP contribution in [0.2, 0.25) is 10.0 Å². The van der Waals surface area contributed by atoms with Crippen molar-refractivity contribution >= 4 is 53.0 Å². The van der Waals surface area contributed by atoms with E-state index in [1.165, 1.54) is 0 Å². The number of rotatable bonds is 5. The molecule has 0 spiro atoms. The van der Waals surface area contributed by atoms with Crippen LogP contribution in [0.4, 0.5) is 28.9 Å². The molecular formula is C14H12Cl2F4N4O. The Morgan fingerprint density at radius 3 is 2.56 bits per heavy atom. The van der Waals surface area contributed by atoms with Crippen molar-refractivity contribution in [2.45, 2.75) is 13.1 Å². The maximum absolute atomic E-state index is 13.9. The molecule has 11 heteroatoms. The summed E-state index contributed by atoms with van der Waals surface area (Å²) in [5.41, 5.74) is 4.38. The molecule has 0 saturated carbocycles. The highest BCUT2D eigenvalue weighted by atomic mass is 35.5. The van der Waals surface area contributed by atoms with Gasteiger partial charge in [0.05, 0.1) is 21.7 Å². The Morgan fingerprint density at radius 2 is 2.00 bits per heavy atom. The van der Waals surface area contributed by atoms with E-state index in [9.17, 15) is 22.4 Å². The van der Waals surface area contributed by atoms with Crippen molar-refractivity contribution in [1.29, 1.82) is 0 Å². The molecule has 0 radical (unpaired) electrons. The van der Waals surface area contributed by atoms with Gasteiger partial charge in [-0.25, -0.2) is 14.4 Å². The Morgan fingerprint density at radius 1 is 1.40 bits per heavy atom. The van der Waals surface area contributed by atoms with Gasteiger partial charge in [-0.2, -0.15) is 13.2 Å². The van der Waals surface area contributed by atoms with Crippen molar-refractivity contribution in [3.63, 3.8) is 0 Å². The normalized spacial score (nSPS) is 13.4. The van der Waals surface area contributed by atoms with Crippen LogP contribution < -0.4 is 11.1 Å². The Balaban J connectivity index is 2.81. The summed E-state index contributed by atoms with van der Waals surface area (Å²) in [5, 5.41) is 1.63. The molecule has 25 heavy (non-hydrogen) atoms. The molecule has 0 aromatic heterocycles. The van der Waals surface area contributed by atoms with Gasteiger partial charge in [0.15, 0.2) is 5.82 Å². The second-order valence-electron chi connectivity index (χ2n) is 4.72. The largest absolute Gasteiger partial charge is 0.396 e. The number of amides is 1. The van der Waals surface area contributed by atoms with Crippen LogP contribution in [0.25, 0.3) is 0 Å². The maximum atomic E-state index is 13.9. The summed E-state index contributed by atoms with van der Waals surface area (Å²) in [7, 11) is 0. The molecule has 1 atom stereocenters. The molecule has 1 unspecified atom stereocenters. The number of nitrogens with zero attached hydrogens (tertiary/aromatic N) is 2. The van der Waals surface area contributed by atoms with Crippen LogP contribution in [0.1, 0.15) is 6.92 Å². The van der Waals surface area contributed by atoms with E-state index in [4.69, 9.17) is 28.9 Å². The van der Waals surface area contributed by atoms with Gasteiger partial charge in [0.2, 0.25) is 0 Å². The molecule has 5 nitrogen and oxygen atoms in total. The smallest absolute Gasteiger partial charge is 0.396 e. The van der Waals surface area contributed by atoms with E-state index in [0.29, 0.717) is 12.6 Å². The lowest BCUT2D eigenvalue weighted by atomic mass is 10.2. The molecule has 136 valence electrons. The Hall–Kier alpha value is -2.13. The summed E-state index contributed by atoms with van der Waals surface area (Å²) in [6.07, 6.45) is -3.13. The first kappa shape index (κ1) is 20.9. The number of nitrogen functional groups attached to an aromatic ring is 1. The minimum Gasteiger partial charge on any atom is -0.396 e. The van der Waals surface area contributed by atoms with Gasteiger partial charge in [0.1, 0.15) is 17.7 Å². The van der Waals surface area contributed by atoms with Gasteiger partial charge < -0.3 is 11.1 Å². The van der Waals surface area contributed by atoms with Gasteiger partial charge in [0.25, 0.3) is 5.91 Å². The summed E-state index contributed by atoms with van der Waals surface area (Å²) in [6.45, 7) is 4.18. The zero-order chi connectivity index (χ0) is 19.4. The number of carbonyl (C=O) groups is 1. The monoisotopic (exact) mass is 398 g/mol. The minimum absolute atomic E-state index is 0.0819. The van der Waals surface area contributed by atoms with E-state index in [2.05, 4.69) is 21.9 Å². The Bertz CT molecular complexity index is 721. The number of aliphatic imine (C=N–C) groups is 2. The quantitative estimate of drug-likeness (QED) is 0.191. The van der Waals surface area contributed by atoms with E-state index in [1.54, 1.807) is 0 Å². The molecule has 0 heterocycles. The highest BCUT2D eigenvalue weighted by molar-refractivity contribution is 6.37. The number of alkyl halides is 3. The third-order valence-electron chi connectivity index (χ3n) is 2.82. The molecule has 0 aliphatic heterocycles. The van der Waals surface area contributed by atoms with Crippen molar-refractivity contribution in [3.05, 3.63) is 34.2 Å². The SMILES string of the molecule is C=C(/N=C\N=C/C(C)C(F)(F)F)C(=O)Nc1c(N)c(Cl)cc(Cl)c1F. The molecule has 1 aromatic rings. The van der Waals surface area contributed by atoms with E-state index >= 15 is 0 Å². The van der Waals surface area contributed by atoms with Gasteiger partial charge in [-0.3, -0.25) is 4.79 Å². The van der Waals surface area contributed by atoms with Crippen LogP contribution in [0.3, 0.4) is 0 Å². The van der Waals surface area contributed by atoms with Crippen LogP contribution in [0, 0.1) is 11.7 Å². The highest BCUT2D eigenvalue weighted by Crippen LogP contribution is 2.35. The number of nitrogens with two attached hydrogens (primary N) is 1. The van der Waals surface area contributed by atoms with E-state index in [-0.39, 0.29) is 15.7 Å². The van der Waals surface area contributed by atoms with Gasteiger partial charge in [0, 0.05) is 6.21 Å². The fourth-order valence-electron chi connectivity index (χ4n) is 1.33. The van der Waals surface area contributed by atoms with Gasteiger partial charge in [-0.1, -0.05) is 29.8 Å². The van der Waals surface area contributed by atoms with Crippen LogP contribution in [-0.2, 0) is 4.79 Å². The molecule has 0 saturated heterocycles. The molecule has 1 amide bonds. The summed E-state index contributed by atoms with van der Waals surface area (Å²) in [4.78, 5) is 18.6. The van der Waals surface area contributed by atoms with Crippen molar-refractivity contribution in [2.75, 3.05) is 11.1 Å². The Labute approximate surface area is 150 Å². The summed E-state index contributed by atoms with van der Waals surface area (Å²) < 4.78 is 50.7. The minimum atomic E-state index is -4.44. The second-order valence-corrected chi connectivity index (χ2v) is 5.53. The maximum Gasteiger partial charge on any atom is 0.396 e. The Kier molecular flexibility index (Phi) is 6.95. The second kappa shape index (κ2) is 8.30. The van der Waals surface area contributed by atoms with E-state index in [1.807, 2.05) is 0 Å². The number of carbonyl (C=O) groups excluding carboxylic acids is 1. The van der Waals surface area contributed by atoms with Crippen LogP contribution in [0.15, 0.2) is 28.3 Å². The first-order valence-electron chi connectivity index (χ1n) is 6.51. The standard InChI is InChI=1S/C14H12Cl2F4N4O/c1-6(14(18,19)20)4-22-5-23-7(2)13(25)24-12-10(17)8(15)3-9(16)11(12)21/h3-6H,2,21H2,1H3,(H,24,25)/b22-4-,23-5-. The highest BCUT2D eigenvalue weighted by Gasteiger charge is 2.34. The number of halogens is 6.